The van der Waals surface area contributed by atoms with Crippen LogP contribution in [0, 0.1) is 5.92 Å². The summed E-state index contributed by atoms with van der Waals surface area (Å²) in [6, 6.07) is 16.5. The van der Waals surface area contributed by atoms with Crippen molar-refractivity contribution in [3.8, 4) is 11.4 Å². The van der Waals surface area contributed by atoms with E-state index in [9.17, 15) is 4.79 Å². The van der Waals surface area contributed by atoms with E-state index in [-0.39, 0.29) is 17.9 Å². The maximum Gasteiger partial charge on any atom is 0.241 e. The van der Waals surface area contributed by atoms with E-state index < -0.39 is 0 Å². The number of aryl methyl sites for hydroxylation is 1. The summed E-state index contributed by atoms with van der Waals surface area (Å²) in [5.41, 5.74) is 3.57. The molecule has 0 radical (unpaired) electrons. The second-order valence-corrected chi connectivity index (χ2v) is 9.66. The quantitative estimate of drug-likeness (QED) is 0.545. The molecule has 5 rings (SSSR count). The predicted molar refractivity (Wildman–Crippen MR) is 126 cm³/mol. The first-order valence-corrected chi connectivity index (χ1v) is 12.1. The number of carbonyl (C=O) groups is 1. The lowest BCUT2D eigenvalue weighted by Crippen LogP contribution is -2.44. The minimum atomic E-state index is -0.00768. The summed E-state index contributed by atoms with van der Waals surface area (Å²) in [6.45, 7) is 2.22. The first-order valence-electron chi connectivity index (χ1n) is 11.3. The molecule has 1 amide bonds. The predicted octanol–water partition coefficient (Wildman–Crippen LogP) is 4.90. The summed E-state index contributed by atoms with van der Waals surface area (Å²) in [5.74, 6) is 1.34. The Hall–Kier alpha value is -2.51. The molecule has 166 valence electrons. The van der Waals surface area contributed by atoms with Crippen LogP contribution in [0.4, 0.5) is 0 Å². The number of hydrogen-bond acceptors (Lipinski definition) is 5. The summed E-state index contributed by atoms with van der Waals surface area (Å²) in [7, 11) is 0. The molecule has 1 fully saturated rings. The van der Waals surface area contributed by atoms with Crippen LogP contribution in [0.1, 0.15) is 48.7 Å². The van der Waals surface area contributed by atoms with Gasteiger partial charge in [-0.1, -0.05) is 45.4 Å². The van der Waals surface area contributed by atoms with Gasteiger partial charge in [0.25, 0.3) is 0 Å². The first-order chi connectivity index (χ1) is 15.7. The second-order valence-electron chi connectivity index (χ2n) is 8.75. The van der Waals surface area contributed by atoms with E-state index in [4.69, 9.17) is 4.52 Å². The maximum absolute atomic E-state index is 13.1. The van der Waals surface area contributed by atoms with Crippen molar-refractivity contribution in [2.75, 3.05) is 13.1 Å². The average Bonchev–Trinajstić information content (AvgIpc) is 3.28. The van der Waals surface area contributed by atoms with Gasteiger partial charge in [-0.25, -0.2) is 0 Å². The van der Waals surface area contributed by atoms with Gasteiger partial charge in [-0.15, -0.1) is 0 Å². The molecule has 32 heavy (non-hydrogen) atoms. The molecule has 0 bridgehead atoms. The van der Waals surface area contributed by atoms with Gasteiger partial charge >= 0.3 is 0 Å². The third-order valence-electron chi connectivity index (χ3n) is 6.49. The van der Waals surface area contributed by atoms with Crippen molar-refractivity contribution in [1.29, 1.82) is 0 Å². The number of amides is 1. The molecule has 3 aromatic rings. The third-order valence-corrected chi connectivity index (χ3v) is 7.02. The summed E-state index contributed by atoms with van der Waals surface area (Å²) in [5, 5.41) is 7.47. The number of nitrogens with zero attached hydrogens (tertiary/aromatic N) is 3. The molecule has 1 saturated heterocycles. The lowest BCUT2D eigenvalue weighted by molar-refractivity contribution is -0.127. The number of benzene rings is 2. The SMILES string of the molecule is O=C(NC1CCCc2ccccc21)C1CCCN(Cc2nc(-c3ccc(Br)cc3)no2)C1. The average molecular weight is 495 g/mol. The number of rotatable bonds is 5. The normalized spacial score (nSPS) is 21.2. The number of hydrogen-bond donors (Lipinski definition) is 1. The fourth-order valence-corrected chi connectivity index (χ4v) is 5.10. The van der Waals surface area contributed by atoms with Gasteiger partial charge in [0.15, 0.2) is 0 Å². The van der Waals surface area contributed by atoms with Gasteiger partial charge in [0.2, 0.25) is 17.6 Å². The van der Waals surface area contributed by atoms with Crippen LogP contribution in [0.15, 0.2) is 57.5 Å². The number of likely N-dealkylation sites (tertiary alicyclic amines) is 1. The lowest BCUT2D eigenvalue weighted by atomic mass is 9.87. The van der Waals surface area contributed by atoms with E-state index in [0.29, 0.717) is 18.3 Å². The molecule has 2 heterocycles. The molecule has 7 heteroatoms. The molecule has 2 atom stereocenters. The Bertz CT molecular complexity index is 1080. The van der Waals surface area contributed by atoms with Gasteiger partial charge in [0.1, 0.15) is 0 Å². The van der Waals surface area contributed by atoms with Gasteiger partial charge in [-0.3, -0.25) is 9.69 Å². The zero-order chi connectivity index (χ0) is 21.9. The number of carbonyl (C=O) groups excluding carboxylic acids is 1. The van der Waals surface area contributed by atoms with Crippen LogP contribution in [0.3, 0.4) is 0 Å². The van der Waals surface area contributed by atoms with Crippen molar-refractivity contribution < 1.29 is 9.32 Å². The van der Waals surface area contributed by atoms with Crippen LogP contribution in [0.2, 0.25) is 0 Å². The number of halogens is 1. The molecule has 2 aromatic carbocycles. The minimum Gasteiger partial charge on any atom is -0.349 e. The Kier molecular flexibility index (Phi) is 6.37. The molecule has 1 N–H and O–H groups in total. The van der Waals surface area contributed by atoms with Crippen molar-refractivity contribution >= 4 is 21.8 Å². The largest absolute Gasteiger partial charge is 0.349 e. The molecule has 6 nitrogen and oxygen atoms in total. The van der Waals surface area contributed by atoms with Crippen molar-refractivity contribution in [1.82, 2.24) is 20.4 Å². The molecule has 1 aliphatic carbocycles. The van der Waals surface area contributed by atoms with Crippen molar-refractivity contribution in [3.05, 3.63) is 70.0 Å². The Morgan fingerprint density at radius 2 is 1.97 bits per heavy atom. The Balaban J connectivity index is 1.20. The lowest BCUT2D eigenvalue weighted by Gasteiger charge is -2.33. The molecular weight excluding hydrogens is 468 g/mol. The van der Waals surface area contributed by atoms with Crippen LogP contribution < -0.4 is 5.32 Å². The smallest absolute Gasteiger partial charge is 0.241 e. The zero-order valence-electron chi connectivity index (χ0n) is 18.0. The van der Waals surface area contributed by atoms with Gasteiger partial charge in [-0.2, -0.15) is 4.98 Å². The number of aromatic nitrogens is 2. The highest BCUT2D eigenvalue weighted by atomic mass is 79.9. The highest BCUT2D eigenvalue weighted by molar-refractivity contribution is 9.10. The molecule has 1 aliphatic heterocycles. The Morgan fingerprint density at radius 1 is 1.12 bits per heavy atom. The van der Waals surface area contributed by atoms with Gasteiger partial charge in [-0.05, 0) is 74.0 Å². The van der Waals surface area contributed by atoms with Gasteiger partial charge < -0.3 is 9.84 Å². The van der Waals surface area contributed by atoms with E-state index in [1.807, 2.05) is 24.3 Å². The molecule has 2 unspecified atom stereocenters. The monoisotopic (exact) mass is 494 g/mol. The molecule has 2 aliphatic rings. The minimum absolute atomic E-state index is 0.00768. The number of piperidine rings is 1. The maximum atomic E-state index is 13.1. The van der Waals surface area contributed by atoms with E-state index in [2.05, 4.69) is 60.6 Å². The van der Waals surface area contributed by atoms with Crippen LogP contribution in [-0.2, 0) is 17.8 Å². The first kappa shape index (κ1) is 21.3. The van der Waals surface area contributed by atoms with Crippen molar-refractivity contribution in [3.63, 3.8) is 0 Å². The van der Waals surface area contributed by atoms with Crippen molar-refractivity contribution in [2.45, 2.75) is 44.7 Å². The second kappa shape index (κ2) is 9.55. The number of fused-ring (bicyclic) bond motifs is 1. The van der Waals surface area contributed by atoms with E-state index in [1.165, 1.54) is 11.1 Å². The van der Waals surface area contributed by atoms with Crippen LogP contribution in [0.5, 0.6) is 0 Å². The van der Waals surface area contributed by atoms with E-state index >= 15 is 0 Å². The molecule has 1 aromatic heterocycles. The fraction of sp³-hybridized carbons (Fsp3) is 0.400. The van der Waals surface area contributed by atoms with E-state index in [1.54, 1.807) is 0 Å². The van der Waals surface area contributed by atoms with Crippen LogP contribution >= 0.6 is 15.9 Å². The van der Waals surface area contributed by atoms with Crippen molar-refractivity contribution in [2.24, 2.45) is 5.92 Å². The topological polar surface area (TPSA) is 71.3 Å². The van der Waals surface area contributed by atoms with Crippen LogP contribution in [-0.4, -0.2) is 34.0 Å². The zero-order valence-corrected chi connectivity index (χ0v) is 19.6. The summed E-state index contributed by atoms with van der Waals surface area (Å²) in [4.78, 5) is 19.9. The molecule has 0 spiro atoms. The van der Waals surface area contributed by atoms with Gasteiger partial charge in [0.05, 0.1) is 18.5 Å². The molecule has 0 saturated carbocycles. The highest BCUT2D eigenvalue weighted by Crippen LogP contribution is 2.30. The number of nitrogens with one attached hydrogen (secondary N) is 1. The highest BCUT2D eigenvalue weighted by Gasteiger charge is 2.29. The summed E-state index contributed by atoms with van der Waals surface area (Å²) in [6.07, 6.45) is 5.15. The van der Waals surface area contributed by atoms with E-state index in [0.717, 1.165) is 55.2 Å². The van der Waals surface area contributed by atoms with Gasteiger partial charge in [0, 0.05) is 16.6 Å². The summed E-state index contributed by atoms with van der Waals surface area (Å²) < 4.78 is 6.51. The standard InChI is InChI=1S/C25H27BrN4O2/c26-20-12-10-18(11-13-20)24-28-23(32-29-24)16-30-14-4-7-19(15-30)25(31)27-22-9-3-6-17-5-1-2-8-21(17)22/h1-2,5,8,10-13,19,22H,3-4,6-7,9,14-16H2,(H,27,31). The Labute approximate surface area is 196 Å². The fourth-order valence-electron chi connectivity index (χ4n) is 4.83. The summed E-state index contributed by atoms with van der Waals surface area (Å²) >= 11 is 3.44. The molecular formula is C25H27BrN4O2. The Morgan fingerprint density at radius 3 is 2.84 bits per heavy atom. The van der Waals surface area contributed by atoms with Crippen LogP contribution in [0.25, 0.3) is 11.4 Å². The third kappa shape index (κ3) is 4.79.